The summed E-state index contributed by atoms with van der Waals surface area (Å²) in [7, 11) is 0. The first kappa shape index (κ1) is 17.6. The van der Waals surface area contributed by atoms with E-state index in [1.54, 1.807) is 12.1 Å². The van der Waals surface area contributed by atoms with Crippen LogP contribution < -0.4 is 16.0 Å². The number of quaternary nitrogens is 1. The summed E-state index contributed by atoms with van der Waals surface area (Å²) >= 11 is 0. The van der Waals surface area contributed by atoms with Gasteiger partial charge in [0.15, 0.2) is 6.54 Å². The lowest BCUT2D eigenvalue weighted by Gasteiger charge is -2.13. The number of para-hydroxylation sites is 1. The number of hydrogen-bond acceptors (Lipinski definition) is 2. The summed E-state index contributed by atoms with van der Waals surface area (Å²) in [6.45, 7) is 2.23. The lowest BCUT2D eigenvalue weighted by Crippen LogP contribution is -2.87. The molecule has 0 radical (unpaired) electrons. The van der Waals surface area contributed by atoms with E-state index in [0.29, 0.717) is 5.69 Å². The SMILES string of the molecule is C[C@@H]([NH2+]CC(=O)NC(=O)Nc1ccccc1)c1cccc2ccccc12. The van der Waals surface area contributed by atoms with Crippen LogP contribution in [0.3, 0.4) is 0 Å². The summed E-state index contributed by atoms with van der Waals surface area (Å²) in [5, 5.41) is 9.27. The highest BCUT2D eigenvalue weighted by molar-refractivity contribution is 6.01. The minimum absolute atomic E-state index is 0.101. The van der Waals surface area contributed by atoms with Crippen molar-refractivity contribution in [1.82, 2.24) is 5.32 Å². The molecule has 0 bridgehead atoms. The predicted octanol–water partition coefficient (Wildman–Crippen LogP) is 2.81. The quantitative estimate of drug-likeness (QED) is 0.663. The Hall–Kier alpha value is -3.18. The lowest BCUT2D eigenvalue weighted by atomic mass is 10.00. The van der Waals surface area contributed by atoms with E-state index in [2.05, 4.69) is 41.8 Å². The Morgan fingerprint density at radius 1 is 0.923 bits per heavy atom. The molecule has 4 N–H and O–H groups in total. The van der Waals surface area contributed by atoms with Gasteiger partial charge in [0.1, 0.15) is 6.04 Å². The molecule has 0 aliphatic rings. The fraction of sp³-hybridized carbons (Fsp3) is 0.143. The van der Waals surface area contributed by atoms with Crippen LogP contribution in [0.2, 0.25) is 0 Å². The third kappa shape index (κ3) is 4.46. The average molecular weight is 348 g/mol. The summed E-state index contributed by atoms with van der Waals surface area (Å²) in [5.41, 5.74) is 1.82. The molecule has 0 saturated heterocycles. The number of nitrogens with one attached hydrogen (secondary N) is 2. The molecule has 3 aromatic rings. The van der Waals surface area contributed by atoms with Gasteiger partial charge in [-0.1, -0.05) is 60.7 Å². The minimum atomic E-state index is -0.521. The van der Waals surface area contributed by atoms with Crippen molar-refractivity contribution < 1.29 is 14.9 Å². The second-order valence-corrected chi connectivity index (χ2v) is 6.17. The van der Waals surface area contributed by atoms with Crippen LogP contribution in [0.25, 0.3) is 10.8 Å². The van der Waals surface area contributed by atoms with E-state index >= 15 is 0 Å². The van der Waals surface area contributed by atoms with Gasteiger partial charge in [-0.2, -0.15) is 0 Å². The second-order valence-electron chi connectivity index (χ2n) is 6.17. The molecule has 132 valence electrons. The van der Waals surface area contributed by atoms with Gasteiger partial charge in [-0.05, 0) is 29.8 Å². The number of benzene rings is 3. The fourth-order valence-corrected chi connectivity index (χ4v) is 2.92. The normalized spacial score (nSPS) is 11.7. The Morgan fingerprint density at radius 2 is 1.62 bits per heavy atom. The van der Waals surface area contributed by atoms with Gasteiger partial charge in [-0.25, -0.2) is 4.79 Å². The first-order chi connectivity index (χ1) is 12.6. The van der Waals surface area contributed by atoms with Gasteiger partial charge in [0, 0.05) is 11.3 Å². The molecule has 26 heavy (non-hydrogen) atoms. The van der Waals surface area contributed by atoms with E-state index in [9.17, 15) is 9.59 Å². The topological polar surface area (TPSA) is 74.8 Å². The molecule has 5 nitrogen and oxygen atoms in total. The standard InChI is InChI=1S/C21H21N3O2/c1-15(18-13-7-9-16-8-5-6-12-19(16)18)22-14-20(25)24-21(26)23-17-10-3-2-4-11-17/h2-13,15,22H,14H2,1H3,(H2,23,24,25,26)/p+1/t15-/m1/s1. The van der Waals surface area contributed by atoms with Gasteiger partial charge in [0.2, 0.25) is 0 Å². The van der Waals surface area contributed by atoms with Crippen molar-refractivity contribution in [2.24, 2.45) is 0 Å². The maximum atomic E-state index is 12.0. The summed E-state index contributed by atoms with van der Waals surface area (Å²) < 4.78 is 0. The smallest absolute Gasteiger partial charge is 0.326 e. The van der Waals surface area contributed by atoms with Gasteiger partial charge in [0.05, 0.1) is 0 Å². The summed E-state index contributed by atoms with van der Waals surface area (Å²) in [4.78, 5) is 23.9. The van der Waals surface area contributed by atoms with Crippen LogP contribution >= 0.6 is 0 Å². The third-order valence-electron chi connectivity index (χ3n) is 4.26. The van der Waals surface area contributed by atoms with E-state index in [1.165, 1.54) is 16.3 Å². The fourth-order valence-electron chi connectivity index (χ4n) is 2.92. The van der Waals surface area contributed by atoms with Gasteiger partial charge in [0.25, 0.3) is 5.91 Å². The largest absolute Gasteiger partial charge is 0.332 e. The molecule has 3 amide bonds. The molecule has 0 aliphatic carbocycles. The number of rotatable bonds is 5. The number of amides is 3. The highest BCUT2D eigenvalue weighted by Gasteiger charge is 2.15. The predicted molar refractivity (Wildman–Crippen MR) is 103 cm³/mol. The van der Waals surface area contributed by atoms with Crippen LogP contribution in [-0.4, -0.2) is 18.5 Å². The van der Waals surface area contributed by atoms with Crippen molar-refractivity contribution in [3.8, 4) is 0 Å². The minimum Gasteiger partial charge on any atom is -0.332 e. The zero-order valence-corrected chi connectivity index (χ0v) is 14.6. The number of nitrogens with two attached hydrogens (primary N) is 1. The van der Waals surface area contributed by atoms with Crippen LogP contribution in [-0.2, 0) is 4.79 Å². The highest BCUT2D eigenvalue weighted by atomic mass is 16.2. The van der Waals surface area contributed by atoms with Crippen LogP contribution in [0.5, 0.6) is 0 Å². The monoisotopic (exact) mass is 348 g/mol. The summed E-state index contributed by atoms with van der Waals surface area (Å²) in [6.07, 6.45) is 0. The van der Waals surface area contributed by atoms with Gasteiger partial charge in [-0.15, -0.1) is 0 Å². The number of fused-ring (bicyclic) bond motifs is 1. The molecule has 3 aromatic carbocycles. The number of carbonyl (C=O) groups is 2. The average Bonchev–Trinajstić information content (AvgIpc) is 2.66. The van der Waals surface area contributed by atoms with Crippen molar-refractivity contribution in [1.29, 1.82) is 0 Å². The number of imide groups is 1. The number of carbonyl (C=O) groups excluding carboxylic acids is 2. The maximum Gasteiger partial charge on any atom is 0.326 e. The van der Waals surface area contributed by atoms with E-state index in [0.717, 1.165) is 0 Å². The van der Waals surface area contributed by atoms with Crippen molar-refractivity contribution in [2.45, 2.75) is 13.0 Å². The van der Waals surface area contributed by atoms with Crippen molar-refractivity contribution >= 4 is 28.4 Å². The molecule has 0 spiro atoms. The van der Waals surface area contributed by atoms with Gasteiger partial charge in [-0.3, -0.25) is 10.1 Å². The second kappa shape index (κ2) is 8.27. The molecule has 5 heteroatoms. The molecular weight excluding hydrogens is 326 g/mol. The molecule has 3 rings (SSSR count). The zero-order valence-electron chi connectivity index (χ0n) is 14.6. The lowest BCUT2D eigenvalue weighted by molar-refractivity contribution is -0.682. The molecule has 0 aliphatic heterocycles. The van der Waals surface area contributed by atoms with Crippen molar-refractivity contribution in [3.05, 3.63) is 78.4 Å². The molecule has 0 saturated carbocycles. The van der Waals surface area contributed by atoms with Crippen molar-refractivity contribution in [3.63, 3.8) is 0 Å². The van der Waals surface area contributed by atoms with Crippen molar-refractivity contribution in [2.75, 3.05) is 11.9 Å². The number of urea groups is 1. The molecule has 0 aromatic heterocycles. The van der Waals surface area contributed by atoms with Crippen LogP contribution in [0.1, 0.15) is 18.5 Å². The Bertz CT molecular complexity index is 904. The Morgan fingerprint density at radius 3 is 2.42 bits per heavy atom. The van der Waals surface area contributed by atoms with Gasteiger partial charge < -0.3 is 10.6 Å². The molecule has 0 unspecified atom stereocenters. The summed E-state index contributed by atoms with van der Waals surface area (Å²) in [6, 6.07) is 23.0. The first-order valence-corrected chi connectivity index (χ1v) is 8.60. The van der Waals surface area contributed by atoms with Gasteiger partial charge >= 0.3 is 6.03 Å². The maximum absolute atomic E-state index is 12.0. The van der Waals surface area contributed by atoms with E-state index in [1.807, 2.05) is 41.7 Å². The van der Waals surface area contributed by atoms with Crippen LogP contribution in [0, 0.1) is 0 Å². The summed E-state index contributed by atoms with van der Waals surface area (Å²) in [5.74, 6) is -0.328. The number of hydrogen-bond donors (Lipinski definition) is 3. The number of anilines is 1. The molecular formula is C21H22N3O2+. The molecule has 0 heterocycles. The molecule has 1 atom stereocenters. The zero-order chi connectivity index (χ0) is 18.4. The Kier molecular flexibility index (Phi) is 5.61. The van der Waals surface area contributed by atoms with E-state index in [4.69, 9.17) is 0 Å². The third-order valence-corrected chi connectivity index (χ3v) is 4.26. The van der Waals surface area contributed by atoms with E-state index in [-0.39, 0.29) is 18.5 Å². The van der Waals surface area contributed by atoms with Crippen LogP contribution in [0.4, 0.5) is 10.5 Å². The highest BCUT2D eigenvalue weighted by Crippen LogP contribution is 2.21. The first-order valence-electron chi connectivity index (χ1n) is 8.60. The van der Waals surface area contributed by atoms with Crippen LogP contribution in [0.15, 0.2) is 72.8 Å². The Labute approximate surface area is 152 Å². The van der Waals surface area contributed by atoms with E-state index < -0.39 is 6.03 Å². The molecule has 0 fully saturated rings. The Balaban J connectivity index is 1.54.